The Hall–Kier alpha value is -0.270. The highest BCUT2D eigenvalue weighted by Crippen LogP contribution is 2.44. The maximum Gasteiger partial charge on any atom is 0.230 e. The lowest BCUT2D eigenvalue weighted by atomic mass is 10.1. The van der Waals surface area contributed by atoms with Crippen LogP contribution in [0.1, 0.15) is 45.4 Å². The number of unbranched alkanes of at least 4 members (excludes halogenated alkanes) is 1. The van der Waals surface area contributed by atoms with Gasteiger partial charge in [-0.2, -0.15) is 0 Å². The lowest BCUT2D eigenvalue weighted by Gasteiger charge is -2.17. The van der Waals surface area contributed by atoms with E-state index in [1.807, 2.05) is 0 Å². The summed E-state index contributed by atoms with van der Waals surface area (Å²) in [7, 11) is 0. The second-order valence-electron chi connectivity index (χ2n) is 6.09. The van der Waals surface area contributed by atoms with E-state index in [1.54, 1.807) is 23.1 Å². The summed E-state index contributed by atoms with van der Waals surface area (Å²) in [6, 6.07) is 0.447. The Kier molecular flexibility index (Phi) is 6.04. The molecule has 0 saturated heterocycles. The maximum atomic E-state index is 12.1. The molecule has 1 amide bonds. The van der Waals surface area contributed by atoms with E-state index in [0.29, 0.717) is 11.8 Å². The van der Waals surface area contributed by atoms with Crippen LogP contribution in [0.2, 0.25) is 0 Å². The average molecular weight is 358 g/mol. The summed E-state index contributed by atoms with van der Waals surface area (Å²) in [5.41, 5.74) is 0. The minimum absolute atomic E-state index is 0.157. The molecule has 7 heteroatoms. The molecule has 0 spiro atoms. The third-order valence-electron chi connectivity index (χ3n) is 4.03. The average Bonchev–Trinajstić information content (AvgIpc) is 3.42. The molecule has 1 N–H and O–H groups in total. The molecular formula is C15H23N3OS3. The minimum Gasteiger partial charge on any atom is -0.352 e. The zero-order chi connectivity index (χ0) is 15.4. The van der Waals surface area contributed by atoms with E-state index >= 15 is 0 Å². The second kappa shape index (κ2) is 8.02. The molecule has 2 fully saturated rings. The number of carbonyl (C=O) groups excluding carboxylic acids is 1. The molecule has 22 heavy (non-hydrogen) atoms. The molecule has 0 atom stereocenters. The van der Waals surface area contributed by atoms with Crippen molar-refractivity contribution in [2.24, 2.45) is 11.8 Å². The molecule has 0 aromatic carbocycles. The van der Waals surface area contributed by atoms with Gasteiger partial charge in [-0.05, 0) is 43.9 Å². The normalized spacial score (nSPS) is 17.9. The molecule has 1 aromatic rings. The van der Waals surface area contributed by atoms with Crippen molar-refractivity contribution in [1.29, 1.82) is 0 Å². The summed E-state index contributed by atoms with van der Waals surface area (Å²) >= 11 is 4.89. The van der Waals surface area contributed by atoms with Gasteiger partial charge in [-0.1, -0.05) is 48.2 Å². The highest BCUT2D eigenvalue weighted by atomic mass is 32.2. The van der Waals surface area contributed by atoms with Crippen LogP contribution in [0.3, 0.4) is 0 Å². The number of rotatable bonds is 10. The first-order chi connectivity index (χ1) is 10.8. The van der Waals surface area contributed by atoms with E-state index in [4.69, 9.17) is 0 Å². The van der Waals surface area contributed by atoms with E-state index in [1.165, 1.54) is 50.3 Å². The summed E-state index contributed by atoms with van der Waals surface area (Å²) in [6.45, 7) is 2.19. The first kappa shape index (κ1) is 16.6. The zero-order valence-electron chi connectivity index (χ0n) is 12.9. The third kappa shape index (κ3) is 5.13. The van der Waals surface area contributed by atoms with Gasteiger partial charge >= 0.3 is 0 Å². The molecule has 2 aliphatic carbocycles. The Morgan fingerprint density at radius 2 is 1.86 bits per heavy atom. The standard InChI is InChI=1S/C15H23N3OS3/c1-2-3-8-20-14-17-18-15(22-14)21-9-12(19)16-13(10-4-5-10)11-6-7-11/h10-11,13H,2-9H2,1H3,(H,16,19). The lowest BCUT2D eigenvalue weighted by Crippen LogP contribution is -2.39. The van der Waals surface area contributed by atoms with Gasteiger partial charge in [0.25, 0.3) is 0 Å². The summed E-state index contributed by atoms with van der Waals surface area (Å²) < 4.78 is 1.92. The van der Waals surface area contributed by atoms with Crippen molar-refractivity contribution in [3.8, 4) is 0 Å². The number of carbonyl (C=O) groups is 1. The highest BCUT2D eigenvalue weighted by Gasteiger charge is 2.42. The van der Waals surface area contributed by atoms with E-state index in [-0.39, 0.29) is 5.91 Å². The van der Waals surface area contributed by atoms with Crippen molar-refractivity contribution < 1.29 is 4.79 Å². The molecule has 1 aromatic heterocycles. The van der Waals surface area contributed by atoms with Gasteiger partial charge in [0.2, 0.25) is 5.91 Å². The molecule has 4 nitrogen and oxygen atoms in total. The predicted molar refractivity (Wildman–Crippen MR) is 93.6 cm³/mol. The first-order valence-electron chi connectivity index (χ1n) is 8.14. The van der Waals surface area contributed by atoms with Crippen LogP contribution in [0.5, 0.6) is 0 Å². The molecule has 2 saturated carbocycles. The predicted octanol–water partition coefficient (Wildman–Crippen LogP) is 3.83. The summed E-state index contributed by atoms with van der Waals surface area (Å²) in [6.07, 6.45) is 7.59. The Balaban J connectivity index is 1.38. The highest BCUT2D eigenvalue weighted by molar-refractivity contribution is 8.03. The molecule has 0 unspecified atom stereocenters. The van der Waals surface area contributed by atoms with E-state index in [2.05, 4.69) is 22.4 Å². The van der Waals surface area contributed by atoms with Gasteiger partial charge in [-0.15, -0.1) is 10.2 Å². The van der Waals surface area contributed by atoms with Crippen molar-refractivity contribution in [1.82, 2.24) is 15.5 Å². The van der Waals surface area contributed by atoms with Gasteiger partial charge in [-0.25, -0.2) is 0 Å². The van der Waals surface area contributed by atoms with Crippen LogP contribution < -0.4 is 5.32 Å². The summed E-state index contributed by atoms with van der Waals surface area (Å²) in [5, 5.41) is 11.6. The quantitative estimate of drug-likeness (QED) is 0.509. The fourth-order valence-corrected chi connectivity index (χ4v) is 5.49. The van der Waals surface area contributed by atoms with Gasteiger partial charge < -0.3 is 5.32 Å². The molecule has 0 bridgehead atoms. The van der Waals surface area contributed by atoms with E-state index in [9.17, 15) is 4.79 Å². The number of aromatic nitrogens is 2. The van der Waals surface area contributed by atoms with Crippen molar-refractivity contribution >= 4 is 40.8 Å². The monoisotopic (exact) mass is 357 g/mol. The largest absolute Gasteiger partial charge is 0.352 e. The van der Waals surface area contributed by atoms with Gasteiger partial charge in [0, 0.05) is 11.8 Å². The number of hydrogen-bond donors (Lipinski definition) is 1. The van der Waals surface area contributed by atoms with Crippen molar-refractivity contribution in [2.45, 2.75) is 60.2 Å². The number of nitrogens with zero attached hydrogens (tertiary/aromatic N) is 2. The smallest absolute Gasteiger partial charge is 0.230 e. The molecule has 0 radical (unpaired) electrons. The first-order valence-corrected chi connectivity index (χ1v) is 10.9. The Labute approximate surface area is 144 Å². The van der Waals surface area contributed by atoms with Gasteiger partial charge in [-0.3, -0.25) is 4.79 Å². The molecule has 122 valence electrons. The number of hydrogen-bond acceptors (Lipinski definition) is 6. The van der Waals surface area contributed by atoms with E-state index < -0.39 is 0 Å². The molecule has 2 aliphatic rings. The topological polar surface area (TPSA) is 54.9 Å². The zero-order valence-corrected chi connectivity index (χ0v) is 15.4. The summed E-state index contributed by atoms with van der Waals surface area (Å²) in [5.74, 6) is 3.23. The molecule has 1 heterocycles. The van der Waals surface area contributed by atoms with Crippen LogP contribution in [0.4, 0.5) is 0 Å². The number of amides is 1. The van der Waals surface area contributed by atoms with Crippen molar-refractivity contribution in [3.63, 3.8) is 0 Å². The van der Waals surface area contributed by atoms with Crippen LogP contribution in [0.15, 0.2) is 8.68 Å². The van der Waals surface area contributed by atoms with Crippen molar-refractivity contribution in [3.05, 3.63) is 0 Å². The maximum absolute atomic E-state index is 12.1. The molecule has 3 rings (SSSR count). The third-order valence-corrected chi connectivity index (χ3v) is 7.30. The van der Waals surface area contributed by atoms with Crippen LogP contribution >= 0.6 is 34.9 Å². The fraction of sp³-hybridized carbons (Fsp3) is 0.800. The number of thioether (sulfide) groups is 2. The summed E-state index contributed by atoms with van der Waals surface area (Å²) in [4.78, 5) is 12.1. The number of nitrogens with one attached hydrogen (secondary N) is 1. The minimum atomic E-state index is 0.157. The molecule has 0 aliphatic heterocycles. The SMILES string of the molecule is CCCCSc1nnc(SCC(=O)NC(C2CC2)C2CC2)s1. The van der Waals surface area contributed by atoms with Crippen LogP contribution in [-0.2, 0) is 4.79 Å². The van der Waals surface area contributed by atoms with E-state index in [0.717, 1.165) is 26.3 Å². The van der Waals surface area contributed by atoms with Gasteiger partial charge in [0.15, 0.2) is 8.68 Å². The van der Waals surface area contributed by atoms with Gasteiger partial charge in [0.05, 0.1) is 5.75 Å². The van der Waals surface area contributed by atoms with Crippen LogP contribution in [0.25, 0.3) is 0 Å². The Bertz CT molecular complexity index is 488. The van der Waals surface area contributed by atoms with Crippen LogP contribution in [0, 0.1) is 11.8 Å². The second-order valence-corrected chi connectivity index (χ2v) is 9.63. The van der Waals surface area contributed by atoms with Crippen molar-refractivity contribution in [2.75, 3.05) is 11.5 Å². The fourth-order valence-electron chi connectivity index (χ4n) is 2.50. The Morgan fingerprint density at radius 3 is 2.45 bits per heavy atom. The van der Waals surface area contributed by atoms with Gasteiger partial charge in [0.1, 0.15) is 0 Å². The van der Waals surface area contributed by atoms with Crippen LogP contribution in [-0.4, -0.2) is 33.7 Å². The Morgan fingerprint density at radius 1 is 1.23 bits per heavy atom. The molecular weight excluding hydrogens is 334 g/mol. The lowest BCUT2D eigenvalue weighted by molar-refractivity contribution is -0.119.